The van der Waals surface area contributed by atoms with Crippen molar-refractivity contribution in [3.63, 3.8) is 0 Å². The highest BCUT2D eigenvalue weighted by Crippen LogP contribution is 2.19. The van der Waals surface area contributed by atoms with Gasteiger partial charge in [0.25, 0.3) is 11.6 Å². The van der Waals surface area contributed by atoms with Crippen LogP contribution in [0.15, 0.2) is 18.2 Å². The lowest BCUT2D eigenvalue weighted by Gasteiger charge is -2.06. The maximum absolute atomic E-state index is 11.7. The van der Waals surface area contributed by atoms with E-state index in [-0.39, 0.29) is 22.5 Å². The fourth-order valence-corrected chi connectivity index (χ4v) is 1.54. The van der Waals surface area contributed by atoms with Crippen molar-refractivity contribution in [3.8, 4) is 0 Å². The van der Waals surface area contributed by atoms with Gasteiger partial charge in [-0.3, -0.25) is 14.9 Å². The number of alkyl halides is 1. The monoisotopic (exact) mass is 270 g/mol. The van der Waals surface area contributed by atoms with Crippen LogP contribution in [0.2, 0.25) is 0 Å². The second-order valence-electron chi connectivity index (χ2n) is 4.08. The molecule has 1 rings (SSSR count). The predicted molar refractivity (Wildman–Crippen MR) is 70.1 cm³/mol. The number of carbonyl (C=O) groups excluding carboxylic acids is 1. The molecule has 0 radical (unpaired) electrons. The summed E-state index contributed by atoms with van der Waals surface area (Å²) in [5.74, 6) is -0.324. The summed E-state index contributed by atoms with van der Waals surface area (Å²) in [6.07, 6.45) is 0.654. The molecular formula is C12H15ClN2O3. The normalized spacial score (nSPS) is 11.9. The first-order valence-electron chi connectivity index (χ1n) is 5.59. The van der Waals surface area contributed by atoms with E-state index in [9.17, 15) is 14.9 Å². The molecule has 1 N–H and O–H groups in total. The molecule has 5 nitrogen and oxygen atoms in total. The van der Waals surface area contributed by atoms with Crippen molar-refractivity contribution in [3.05, 3.63) is 39.4 Å². The molecule has 98 valence electrons. The number of nitro benzene ring substituents is 1. The van der Waals surface area contributed by atoms with Gasteiger partial charge in [0, 0.05) is 29.1 Å². The Morgan fingerprint density at radius 3 is 2.78 bits per heavy atom. The maximum atomic E-state index is 11.7. The summed E-state index contributed by atoms with van der Waals surface area (Å²) in [5.41, 5.74) is 0.772. The highest BCUT2D eigenvalue weighted by Gasteiger charge is 2.14. The molecule has 0 aliphatic carbocycles. The van der Waals surface area contributed by atoms with Crippen molar-refractivity contribution >= 4 is 23.2 Å². The first-order chi connectivity index (χ1) is 8.41. The number of hydrogen-bond acceptors (Lipinski definition) is 3. The van der Waals surface area contributed by atoms with Crippen LogP contribution in [0.25, 0.3) is 0 Å². The van der Waals surface area contributed by atoms with Gasteiger partial charge in [0.2, 0.25) is 0 Å². The zero-order valence-corrected chi connectivity index (χ0v) is 11.0. The van der Waals surface area contributed by atoms with Crippen LogP contribution in [0.3, 0.4) is 0 Å². The van der Waals surface area contributed by atoms with Crippen molar-refractivity contribution in [2.75, 3.05) is 6.54 Å². The third kappa shape index (κ3) is 4.00. The zero-order chi connectivity index (χ0) is 13.7. The molecule has 18 heavy (non-hydrogen) atoms. The van der Waals surface area contributed by atoms with Gasteiger partial charge in [-0.25, -0.2) is 0 Å². The number of amides is 1. The average molecular weight is 271 g/mol. The Kier molecular flexibility index (Phi) is 5.09. The number of nitrogens with zero attached hydrogens (tertiary/aromatic N) is 1. The van der Waals surface area contributed by atoms with Crippen LogP contribution < -0.4 is 5.32 Å². The molecule has 0 fully saturated rings. The number of carbonyl (C=O) groups is 1. The molecule has 0 aliphatic heterocycles. The number of aryl methyl sites for hydroxylation is 1. The first kappa shape index (κ1) is 14.4. The van der Waals surface area contributed by atoms with Gasteiger partial charge in [0.05, 0.1) is 4.92 Å². The standard InChI is InChI=1S/C12H15ClN2O3/c1-8-3-4-10(7-11(8)15(17)18)12(16)14-6-5-9(2)13/h3-4,7,9H,5-6H2,1-2H3,(H,14,16). The first-order valence-corrected chi connectivity index (χ1v) is 6.02. The average Bonchev–Trinajstić information content (AvgIpc) is 2.28. The summed E-state index contributed by atoms with van der Waals surface area (Å²) < 4.78 is 0. The smallest absolute Gasteiger partial charge is 0.273 e. The van der Waals surface area contributed by atoms with Gasteiger partial charge in [-0.1, -0.05) is 6.07 Å². The van der Waals surface area contributed by atoms with Gasteiger partial charge in [0.15, 0.2) is 0 Å². The van der Waals surface area contributed by atoms with E-state index in [0.29, 0.717) is 18.5 Å². The number of hydrogen-bond donors (Lipinski definition) is 1. The van der Waals surface area contributed by atoms with Crippen molar-refractivity contribution in [2.45, 2.75) is 25.6 Å². The maximum Gasteiger partial charge on any atom is 0.273 e. The predicted octanol–water partition coefficient (Wildman–Crippen LogP) is 2.65. The zero-order valence-electron chi connectivity index (χ0n) is 10.3. The number of halogens is 1. The van der Waals surface area contributed by atoms with E-state index in [1.807, 2.05) is 6.92 Å². The van der Waals surface area contributed by atoms with Crippen LogP contribution in [-0.4, -0.2) is 22.8 Å². The molecule has 0 bridgehead atoms. The molecular weight excluding hydrogens is 256 g/mol. The van der Waals surface area contributed by atoms with E-state index < -0.39 is 4.92 Å². The lowest BCUT2D eigenvalue weighted by molar-refractivity contribution is -0.385. The van der Waals surface area contributed by atoms with E-state index in [1.165, 1.54) is 6.07 Å². The van der Waals surface area contributed by atoms with Crippen LogP contribution in [0, 0.1) is 17.0 Å². The molecule has 1 amide bonds. The van der Waals surface area contributed by atoms with E-state index in [0.717, 1.165) is 0 Å². The highest BCUT2D eigenvalue weighted by atomic mass is 35.5. The number of nitrogens with one attached hydrogen (secondary N) is 1. The van der Waals surface area contributed by atoms with E-state index in [4.69, 9.17) is 11.6 Å². The van der Waals surface area contributed by atoms with Gasteiger partial charge in [-0.05, 0) is 26.3 Å². The van der Waals surface area contributed by atoms with Gasteiger partial charge < -0.3 is 5.32 Å². The Morgan fingerprint density at radius 2 is 2.22 bits per heavy atom. The second-order valence-corrected chi connectivity index (χ2v) is 4.83. The molecule has 1 aromatic rings. The lowest BCUT2D eigenvalue weighted by atomic mass is 10.1. The van der Waals surface area contributed by atoms with E-state index in [1.54, 1.807) is 19.1 Å². The van der Waals surface area contributed by atoms with Crippen LogP contribution in [0.5, 0.6) is 0 Å². The Morgan fingerprint density at radius 1 is 1.56 bits per heavy atom. The highest BCUT2D eigenvalue weighted by molar-refractivity contribution is 6.20. The lowest BCUT2D eigenvalue weighted by Crippen LogP contribution is -2.25. The fourth-order valence-electron chi connectivity index (χ4n) is 1.43. The molecule has 0 aliphatic rings. The third-order valence-corrected chi connectivity index (χ3v) is 2.71. The Labute approximate surface area is 110 Å². The number of benzene rings is 1. The van der Waals surface area contributed by atoms with Gasteiger partial charge in [-0.2, -0.15) is 0 Å². The van der Waals surface area contributed by atoms with E-state index in [2.05, 4.69) is 5.32 Å². The molecule has 0 heterocycles. The molecule has 1 atom stereocenters. The van der Waals surface area contributed by atoms with Crippen molar-refractivity contribution < 1.29 is 9.72 Å². The molecule has 0 spiro atoms. The number of nitro groups is 1. The van der Waals surface area contributed by atoms with Crippen LogP contribution >= 0.6 is 11.6 Å². The van der Waals surface area contributed by atoms with Crippen LogP contribution in [0.4, 0.5) is 5.69 Å². The summed E-state index contributed by atoms with van der Waals surface area (Å²) in [6, 6.07) is 4.42. The topological polar surface area (TPSA) is 72.2 Å². The van der Waals surface area contributed by atoms with Crippen molar-refractivity contribution in [1.82, 2.24) is 5.32 Å². The minimum Gasteiger partial charge on any atom is -0.352 e. The quantitative estimate of drug-likeness (QED) is 0.508. The molecule has 0 saturated carbocycles. The van der Waals surface area contributed by atoms with Crippen LogP contribution in [0.1, 0.15) is 29.3 Å². The van der Waals surface area contributed by atoms with Gasteiger partial charge in [0.1, 0.15) is 0 Å². The van der Waals surface area contributed by atoms with Crippen molar-refractivity contribution in [2.24, 2.45) is 0 Å². The third-order valence-electron chi connectivity index (χ3n) is 2.50. The minimum absolute atomic E-state index is 0.0161. The SMILES string of the molecule is Cc1ccc(C(=O)NCCC(C)Cl)cc1[N+](=O)[O-]. The largest absolute Gasteiger partial charge is 0.352 e. The Bertz CT molecular complexity index is 461. The Balaban J connectivity index is 2.74. The second kappa shape index (κ2) is 6.35. The van der Waals surface area contributed by atoms with Crippen molar-refractivity contribution in [1.29, 1.82) is 0 Å². The molecule has 1 aromatic carbocycles. The molecule has 0 aromatic heterocycles. The Hall–Kier alpha value is -1.62. The van der Waals surface area contributed by atoms with Crippen LogP contribution in [-0.2, 0) is 0 Å². The van der Waals surface area contributed by atoms with Gasteiger partial charge in [-0.15, -0.1) is 11.6 Å². The van der Waals surface area contributed by atoms with E-state index >= 15 is 0 Å². The molecule has 0 saturated heterocycles. The molecule has 6 heteroatoms. The fraction of sp³-hybridized carbons (Fsp3) is 0.417. The summed E-state index contributed by atoms with van der Waals surface area (Å²) in [7, 11) is 0. The summed E-state index contributed by atoms with van der Waals surface area (Å²) >= 11 is 5.75. The molecule has 1 unspecified atom stereocenters. The summed E-state index contributed by atoms with van der Waals surface area (Å²) in [6.45, 7) is 3.92. The van der Waals surface area contributed by atoms with Gasteiger partial charge >= 0.3 is 0 Å². The summed E-state index contributed by atoms with van der Waals surface area (Å²) in [4.78, 5) is 22.0. The number of rotatable bonds is 5. The summed E-state index contributed by atoms with van der Waals surface area (Å²) in [5, 5.41) is 13.4. The minimum atomic E-state index is -0.493.